The lowest BCUT2D eigenvalue weighted by Crippen LogP contribution is -2.17. The smallest absolute Gasteiger partial charge is 0.269 e. The Labute approximate surface area is 190 Å². The number of hydrogen-bond acceptors (Lipinski definition) is 8. The van der Waals surface area contributed by atoms with Crippen LogP contribution < -0.4 is 5.32 Å². The molecule has 0 aliphatic heterocycles. The average molecular weight is 460 g/mol. The fraction of sp³-hybridized carbons (Fsp3) is 0.0952. The number of anilines is 1. The van der Waals surface area contributed by atoms with Crippen molar-refractivity contribution < 1.29 is 9.72 Å². The standard InChI is InChI=1S/C21H16N8O3S/c1-13-9-18(25-19(30)10-16-3-2-8-33-16)28(26-13)21-17-11-24-27(20(17)22-12-23-21)14-4-6-15(7-5-14)29(31)32/h2-9,11-12H,10H2,1H3,(H,25,30). The molecule has 164 valence electrons. The summed E-state index contributed by atoms with van der Waals surface area (Å²) in [5.41, 5.74) is 1.80. The molecule has 0 atom stereocenters. The average Bonchev–Trinajstić information content (AvgIpc) is 3.54. The summed E-state index contributed by atoms with van der Waals surface area (Å²) in [7, 11) is 0. The summed E-state index contributed by atoms with van der Waals surface area (Å²) in [6, 6.07) is 11.6. The lowest BCUT2D eigenvalue weighted by Gasteiger charge is -2.09. The lowest BCUT2D eigenvalue weighted by molar-refractivity contribution is -0.384. The molecule has 0 aliphatic rings. The highest BCUT2D eigenvalue weighted by Crippen LogP contribution is 2.25. The van der Waals surface area contributed by atoms with Gasteiger partial charge in [0.25, 0.3) is 5.69 Å². The van der Waals surface area contributed by atoms with Crippen LogP contribution in [0.25, 0.3) is 22.5 Å². The number of nitro groups is 1. The fourth-order valence-electron chi connectivity index (χ4n) is 3.41. The van der Waals surface area contributed by atoms with Crippen LogP contribution in [0.4, 0.5) is 11.5 Å². The molecule has 33 heavy (non-hydrogen) atoms. The number of fused-ring (bicyclic) bond motifs is 1. The van der Waals surface area contributed by atoms with Gasteiger partial charge in [-0.25, -0.2) is 14.6 Å². The minimum absolute atomic E-state index is 0.0134. The van der Waals surface area contributed by atoms with Crippen LogP contribution in [0.1, 0.15) is 10.6 Å². The van der Waals surface area contributed by atoms with Crippen LogP contribution in [0, 0.1) is 17.0 Å². The molecule has 0 fully saturated rings. The highest BCUT2D eigenvalue weighted by Gasteiger charge is 2.18. The Hall–Kier alpha value is -4.45. The first-order chi connectivity index (χ1) is 16.0. The van der Waals surface area contributed by atoms with Gasteiger partial charge in [0.2, 0.25) is 5.91 Å². The van der Waals surface area contributed by atoms with Gasteiger partial charge in [0, 0.05) is 23.1 Å². The van der Waals surface area contributed by atoms with Crippen molar-refractivity contribution in [2.45, 2.75) is 13.3 Å². The van der Waals surface area contributed by atoms with Gasteiger partial charge in [-0.15, -0.1) is 11.3 Å². The third-order valence-corrected chi connectivity index (χ3v) is 5.74. The van der Waals surface area contributed by atoms with Crippen LogP contribution in [-0.4, -0.2) is 40.4 Å². The number of non-ortho nitro benzene ring substituents is 1. The molecule has 0 radical (unpaired) electrons. The summed E-state index contributed by atoms with van der Waals surface area (Å²) in [4.78, 5) is 32.7. The van der Waals surface area contributed by atoms with E-state index in [2.05, 4.69) is 25.5 Å². The highest BCUT2D eigenvalue weighted by atomic mass is 32.1. The highest BCUT2D eigenvalue weighted by molar-refractivity contribution is 7.10. The molecule has 4 aromatic heterocycles. The maximum atomic E-state index is 12.6. The summed E-state index contributed by atoms with van der Waals surface area (Å²) in [6.45, 7) is 1.82. The molecule has 12 heteroatoms. The molecule has 0 unspecified atom stereocenters. The van der Waals surface area contributed by atoms with E-state index in [1.165, 1.54) is 29.8 Å². The number of nitro benzene ring substituents is 1. The van der Waals surface area contributed by atoms with Crippen molar-refractivity contribution in [3.05, 3.63) is 81.1 Å². The molecule has 1 aromatic carbocycles. The van der Waals surface area contributed by atoms with E-state index in [-0.39, 0.29) is 18.0 Å². The van der Waals surface area contributed by atoms with Crippen molar-refractivity contribution in [2.24, 2.45) is 0 Å². The molecule has 0 spiro atoms. The van der Waals surface area contributed by atoms with Gasteiger partial charge in [0.1, 0.15) is 12.1 Å². The van der Waals surface area contributed by atoms with Crippen molar-refractivity contribution in [3.8, 4) is 11.5 Å². The first kappa shape index (κ1) is 20.5. The van der Waals surface area contributed by atoms with Gasteiger partial charge in [-0.3, -0.25) is 14.9 Å². The van der Waals surface area contributed by atoms with Gasteiger partial charge >= 0.3 is 0 Å². The van der Waals surface area contributed by atoms with Gasteiger partial charge in [-0.1, -0.05) is 6.07 Å². The number of benzene rings is 1. The van der Waals surface area contributed by atoms with E-state index in [9.17, 15) is 14.9 Å². The van der Waals surface area contributed by atoms with E-state index in [0.717, 1.165) is 4.88 Å². The van der Waals surface area contributed by atoms with Crippen LogP contribution in [0.5, 0.6) is 0 Å². The quantitative estimate of drug-likeness (QED) is 0.303. The molecule has 0 aliphatic carbocycles. The van der Waals surface area contributed by atoms with Crippen LogP contribution in [-0.2, 0) is 11.2 Å². The van der Waals surface area contributed by atoms with Crippen LogP contribution in [0.2, 0.25) is 0 Å². The Bertz CT molecular complexity index is 1470. The molecule has 5 aromatic rings. The topological polar surface area (TPSA) is 134 Å². The van der Waals surface area contributed by atoms with Gasteiger partial charge in [0.05, 0.1) is 34.3 Å². The minimum Gasteiger partial charge on any atom is -0.310 e. The number of amides is 1. The molecule has 5 rings (SSSR count). The molecule has 1 N–H and O–H groups in total. The summed E-state index contributed by atoms with van der Waals surface area (Å²) in [5.74, 6) is 0.773. The van der Waals surface area contributed by atoms with Crippen molar-refractivity contribution in [2.75, 3.05) is 5.32 Å². The van der Waals surface area contributed by atoms with Gasteiger partial charge < -0.3 is 5.32 Å². The lowest BCUT2D eigenvalue weighted by atomic mass is 10.3. The molecule has 0 saturated carbocycles. The third-order valence-electron chi connectivity index (χ3n) is 4.86. The van der Waals surface area contributed by atoms with Crippen LogP contribution >= 0.6 is 11.3 Å². The van der Waals surface area contributed by atoms with E-state index in [0.29, 0.717) is 34.1 Å². The Kier molecular flexibility index (Phi) is 5.11. The van der Waals surface area contributed by atoms with Crippen molar-refractivity contribution in [1.29, 1.82) is 0 Å². The van der Waals surface area contributed by atoms with Crippen molar-refractivity contribution in [1.82, 2.24) is 29.5 Å². The zero-order valence-corrected chi connectivity index (χ0v) is 18.1. The van der Waals surface area contributed by atoms with Crippen LogP contribution in [0.3, 0.4) is 0 Å². The molecule has 11 nitrogen and oxygen atoms in total. The van der Waals surface area contributed by atoms with Gasteiger partial charge in [-0.2, -0.15) is 14.9 Å². The number of rotatable bonds is 6. The number of aromatic nitrogens is 6. The van der Waals surface area contributed by atoms with Crippen molar-refractivity contribution in [3.63, 3.8) is 0 Å². The largest absolute Gasteiger partial charge is 0.310 e. The normalized spacial score (nSPS) is 11.1. The zero-order valence-electron chi connectivity index (χ0n) is 17.2. The van der Waals surface area contributed by atoms with Crippen molar-refractivity contribution >= 4 is 39.8 Å². The van der Waals surface area contributed by atoms with E-state index >= 15 is 0 Å². The number of hydrogen-bond donors (Lipinski definition) is 1. The second-order valence-electron chi connectivity index (χ2n) is 7.15. The Morgan fingerprint density at radius 2 is 2.00 bits per heavy atom. The summed E-state index contributed by atoms with van der Waals surface area (Å²) >= 11 is 1.52. The molecule has 0 bridgehead atoms. The third kappa shape index (κ3) is 3.94. The van der Waals surface area contributed by atoms with Gasteiger partial charge in [0.15, 0.2) is 11.5 Å². The fourth-order valence-corrected chi connectivity index (χ4v) is 4.12. The summed E-state index contributed by atoms with van der Waals surface area (Å²) in [5, 5.41) is 25.3. The Balaban J connectivity index is 1.51. The zero-order chi connectivity index (χ0) is 22.9. The molecule has 4 heterocycles. The maximum absolute atomic E-state index is 12.6. The predicted molar refractivity (Wildman–Crippen MR) is 122 cm³/mol. The number of nitrogens with zero attached hydrogens (tertiary/aromatic N) is 7. The predicted octanol–water partition coefficient (Wildman–Crippen LogP) is 3.46. The Morgan fingerprint density at radius 1 is 1.18 bits per heavy atom. The molecular formula is C21H16N8O3S. The molecular weight excluding hydrogens is 444 g/mol. The second-order valence-corrected chi connectivity index (χ2v) is 8.18. The summed E-state index contributed by atoms with van der Waals surface area (Å²) in [6.07, 6.45) is 3.25. The monoisotopic (exact) mass is 460 g/mol. The minimum atomic E-state index is -0.459. The second kappa shape index (κ2) is 8.24. The Morgan fingerprint density at radius 3 is 2.73 bits per heavy atom. The first-order valence-electron chi connectivity index (χ1n) is 9.82. The first-order valence-corrected chi connectivity index (χ1v) is 10.7. The number of nitrogens with one attached hydrogen (secondary N) is 1. The van der Waals surface area contributed by atoms with E-state index in [4.69, 9.17) is 0 Å². The number of carbonyl (C=O) groups is 1. The molecule has 1 amide bonds. The summed E-state index contributed by atoms with van der Waals surface area (Å²) < 4.78 is 3.11. The molecule has 0 saturated heterocycles. The van der Waals surface area contributed by atoms with E-state index in [1.807, 2.05) is 24.4 Å². The number of carbonyl (C=O) groups excluding carboxylic acids is 1. The van der Waals surface area contributed by atoms with Gasteiger partial charge in [-0.05, 0) is 30.5 Å². The maximum Gasteiger partial charge on any atom is 0.269 e. The van der Waals surface area contributed by atoms with Crippen LogP contribution in [0.15, 0.2) is 60.4 Å². The number of thiophene rings is 1. The van der Waals surface area contributed by atoms with E-state index < -0.39 is 4.92 Å². The van der Waals surface area contributed by atoms with E-state index in [1.54, 1.807) is 33.8 Å². The number of aryl methyl sites for hydroxylation is 1. The SMILES string of the molecule is Cc1cc(NC(=O)Cc2cccs2)n(-c2ncnc3c2cnn3-c2ccc([N+](=O)[O-])cc2)n1.